The number of carboxylic acids is 1. The van der Waals surface area contributed by atoms with Crippen molar-refractivity contribution >= 4 is 17.6 Å². The minimum Gasteiger partial charge on any atom is -0.481 e. The highest BCUT2D eigenvalue weighted by molar-refractivity contribution is 6.30. The lowest BCUT2D eigenvalue weighted by Gasteiger charge is -2.21. The maximum atomic E-state index is 13.9. The average molecular weight is 285 g/mol. The van der Waals surface area contributed by atoms with Crippen molar-refractivity contribution in [2.75, 3.05) is 0 Å². The first kappa shape index (κ1) is 14.3. The van der Waals surface area contributed by atoms with Gasteiger partial charge in [-0.2, -0.15) is 0 Å². The Kier molecular flexibility index (Phi) is 4.81. The maximum Gasteiger partial charge on any atom is 0.306 e. The summed E-state index contributed by atoms with van der Waals surface area (Å²) in [5.74, 6) is -1.51. The van der Waals surface area contributed by atoms with E-state index in [1.165, 1.54) is 6.07 Å². The first-order chi connectivity index (χ1) is 9.09. The minimum absolute atomic E-state index is 0.00738. The molecule has 1 saturated carbocycles. The zero-order chi connectivity index (χ0) is 13.8. The molecule has 104 valence electrons. The molecule has 0 spiro atoms. The third-order valence-corrected chi connectivity index (χ3v) is 4.28. The molecule has 0 bridgehead atoms. The molecule has 0 amide bonds. The summed E-state index contributed by atoms with van der Waals surface area (Å²) in [5, 5.41) is 9.43. The molecule has 1 aliphatic carbocycles. The molecule has 2 atom stereocenters. The van der Waals surface area contributed by atoms with Gasteiger partial charge in [-0.1, -0.05) is 43.0 Å². The standard InChI is InChI=1S/C15H18ClFO2/c16-13-8-4-6-11(14(13)17)9-10-5-2-1-3-7-12(10)15(18)19/h4,6,8,10,12H,1-3,5,7,9H2,(H,18,19). The van der Waals surface area contributed by atoms with Gasteiger partial charge in [0.2, 0.25) is 0 Å². The number of benzene rings is 1. The summed E-state index contributed by atoms with van der Waals surface area (Å²) < 4.78 is 13.9. The minimum atomic E-state index is -0.755. The van der Waals surface area contributed by atoms with Crippen LogP contribution in [0.5, 0.6) is 0 Å². The number of carbonyl (C=O) groups is 1. The fraction of sp³-hybridized carbons (Fsp3) is 0.533. The van der Waals surface area contributed by atoms with Gasteiger partial charge >= 0.3 is 5.97 Å². The van der Waals surface area contributed by atoms with Crippen molar-refractivity contribution in [1.82, 2.24) is 0 Å². The molecule has 2 nitrogen and oxygen atoms in total. The maximum absolute atomic E-state index is 13.9. The lowest BCUT2D eigenvalue weighted by atomic mass is 9.83. The predicted octanol–water partition coefficient (Wildman–Crippen LogP) is 4.30. The largest absolute Gasteiger partial charge is 0.481 e. The molecule has 0 saturated heterocycles. The Balaban J connectivity index is 2.18. The molecule has 0 heterocycles. The fourth-order valence-electron chi connectivity index (χ4n) is 2.94. The molecular weight excluding hydrogens is 267 g/mol. The molecule has 4 heteroatoms. The summed E-state index contributed by atoms with van der Waals surface area (Å²) in [6.45, 7) is 0. The van der Waals surface area contributed by atoms with Crippen molar-refractivity contribution in [3.8, 4) is 0 Å². The summed E-state index contributed by atoms with van der Waals surface area (Å²) >= 11 is 5.77. The molecule has 0 aromatic heterocycles. The van der Waals surface area contributed by atoms with Gasteiger partial charge < -0.3 is 5.11 Å². The summed E-state index contributed by atoms with van der Waals surface area (Å²) in [6.07, 6.45) is 5.05. The van der Waals surface area contributed by atoms with Crippen LogP contribution < -0.4 is 0 Å². The van der Waals surface area contributed by atoms with E-state index < -0.39 is 11.8 Å². The Morgan fingerprint density at radius 3 is 2.79 bits per heavy atom. The predicted molar refractivity (Wildman–Crippen MR) is 72.8 cm³/mol. The fourth-order valence-corrected chi connectivity index (χ4v) is 3.14. The van der Waals surface area contributed by atoms with Crippen LogP contribution >= 0.6 is 11.6 Å². The van der Waals surface area contributed by atoms with Crippen LogP contribution in [-0.4, -0.2) is 11.1 Å². The van der Waals surface area contributed by atoms with Crippen LogP contribution in [0.4, 0.5) is 4.39 Å². The zero-order valence-corrected chi connectivity index (χ0v) is 11.5. The molecular formula is C15H18ClFO2. The second kappa shape index (κ2) is 6.38. The van der Waals surface area contributed by atoms with E-state index in [0.29, 0.717) is 18.4 Å². The van der Waals surface area contributed by atoms with Crippen molar-refractivity contribution in [2.24, 2.45) is 11.8 Å². The number of aliphatic carboxylic acids is 1. The Morgan fingerprint density at radius 2 is 2.05 bits per heavy atom. The van der Waals surface area contributed by atoms with E-state index in [1.54, 1.807) is 12.1 Å². The SMILES string of the molecule is O=C(O)C1CCCCCC1Cc1cccc(Cl)c1F. The van der Waals surface area contributed by atoms with Crippen molar-refractivity contribution in [3.63, 3.8) is 0 Å². The number of carboxylic acid groups (broad SMARTS) is 1. The number of hydrogen-bond acceptors (Lipinski definition) is 1. The van der Waals surface area contributed by atoms with Crippen LogP contribution in [-0.2, 0) is 11.2 Å². The highest BCUT2D eigenvalue weighted by atomic mass is 35.5. The third kappa shape index (κ3) is 3.47. The van der Waals surface area contributed by atoms with Crippen molar-refractivity contribution in [1.29, 1.82) is 0 Å². The monoisotopic (exact) mass is 284 g/mol. The Hall–Kier alpha value is -1.09. The average Bonchev–Trinajstić information content (AvgIpc) is 2.60. The molecule has 2 unspecified atom stereocenters. The third-order valence-electron chi connectivity index (χ3n) is 3.99. The smallest absolute Gasteiger partial charge is 0.306 e. The molecule has 0 radical (unpaired) electrons. The Bertz CT molecular complexity index is 461. The van der Waals surface area contributed by atoms with Crippen LogP contribution in [0.15, 0.2) is 18.2 Å². The van der Waals surface area contributed by atoms with Gasteiger partial charge in [0.1, 0.15) is 5.82 Å². The number of rotatable bonds is 3. The van der Waals surface area contributed by atoms with E-state index >= 15 is 0 Å². The molecule has 1 aromatic carbocycles. The second-order valence-electron chi connectivity index (χ2n) is 5.26. The molecule has 1 aliphatic rings. The van der Waals surface area contributed by atoms with E-state index in [2.05, 4.69) is 0 Å². The highest BCUT2D eigenvalue weighted by Gasteiger charge is 2.30. The van der Waals surface area contributed by atoms with Gasteiger partial charge in [-0.25, -0.2) is 4.39 Å². The van der Waals surface area contributed by atoms with Crippen LogP contribution in [0.25, 0.3) is 0 Å². The van der Waals surface area contributed by atoms with Gasteiger partial charge in [0, 0.05) is 0 Å². The molecule has 19 heavy (non-hydrogen) atoms. The van der Waals surface area contributed by atoms with Gasteiger partial charge in [-0.15, -0.1) is 0 Å². The van der Waals surface area contributed by atoms with Crippen LogP contribution in [0.1, 0.15) is 37.7 Å². The summed E-state index contributed by atoms with van der Waals surface area (Å²) in [4.78, 5) is 11.3. The molecule has 2 rings (SSSR count). The molecule has 1 N–H and O–H groups in total. The Labute approximate surface area is 117 Å². The Morgan fingerprint density at radius 1 is 1.32 bits per heavy atom. The van der Waals surface area contributed by atoms with Gasteiger partial charge in [0.05, 0.1) is 10.9 Å². The van der Waals surface area contributed by atoms with Gasteiger partial charge in [0.25, 0.3) is 0 Å². The molecule has 1 aromatic rings. The van der Waals surface area contributed by atoms with Crippen LogP contribution in [0, 0.1) is 17.7 Å². The number of hydrogen-bond donors (Lipinski definition) is 1. The van der Waals surface area contributed by atoms with Crippen LogP contribution in [0.3, 0.4) is 0 Å². The van der Waals surface area contributed by atoms with E-state index in [1.807, 2.05) is 0 Å². The van der Waals surface area contributed by atoms with E-state index in [-0.39, 0.29) is 16.9 Å². The summed E-state index contributed by atoms with van der Waals surface area (Å²) in [5.41, 5.74) is 0.533. The van der Waals surface area contributed by atoms with Crippen molar-refractivity contribution in [2.45, 2.75) is 38.5 Å². The highest BCUT2D eigenvalue weighted by Crippen LogP contribution is 2.33. The lowest BCUT2D eigenvalue weighted by Crippen LogP contribution is -2.24. The summed E-state index contributed by atoms with van der Waals surface area (Å²) in [7, 11) is 0. The van der Waals surface area contributed by atoms with Crippen molar-refractivity contribution in [3.05, 3.63) is 34.6 Å². The first-order valence-corrected chi connectivity index (χ1v) is 7.13. The lowest BCUT2D eigenvalue weighted by molar-refractivity contribution is -0.143. The normalized spacial score (nSPS) is 23.9. The van der Waals surface area contributed by atoms with Crippen LogP contribution in [0.2, 0.25) is 5.02 Å². The van der Waals surface area contributed by atoms with Gasteiger partial charge in [0.15, 0.2) is 0 Å². The van der Waals surface area contributed by atoms with E-state index in [4.69, 9.17) is 11.6 Å². The molecule has 1 fully saturated rings. The van der Waals surface area contributed by atoms with Crippen molar-refractivity contribution < 1.29 is 14.3 Å². The second-order valence-corrected chi connectivity index (χ2v) is 5.67. The topological polar surface area (TPSA) is 37.3 Å². The summed E-state index contributed by atoms with van der Waals surface area (Å²) in [6, 6.07) is 4.93. The molecule has 0 aliphatic heterocycles. The van der Waals surface area contributed by atoms with E-state index in [0.717, 1.165) is 25.7 Å². The number of halogens is 2. The quantitative estimate of drug-likeness (QED) is 0.840. The van der Waals surface area contributed by atoms with Gasteiger partial charge in [-0.05, 0) is 36.8 Å². The first-order valence-electron chi connectivity index (χ1n) is 6.75. The zero-order valence-electron chi connectivity index (χ0n) is 10.7. The van der Waals surface area contributed by atoms with E-state index in [9.17, 15) is 14.3 Å². The van der Waals surface area contributed by atoms with Gasteiger partial charge in [-0.3, -0.25) is 4.79 Å².